The molecule has 0 aromatic carbocycles. The van der Waals surface area contributed by atoms with E-state index >= 15 is 0 Å². The van der Waals surface area contributed by atoms with Crippen molar-refractivity contribution in [3.63, 3.8) is 0 Å². The number of aromatic nitrogens is 2. The molecule has 1 rings (SSSR count). The summed E-state index contributed by atoms with van der Waals surface area (Å²) in [4.78, 5) is 10.6. The zero-order valence-corrected chi connectivity index (χ0v) is 12.4. The molecule has 0 bridgehead atoms. The molecular formula is C12H23N5S. The predicted octanol–water partition coefficient (Wildman–Crippen LogP) is 2.07. The standard InChI is InChI=1S/C12H23N5S/c1-5-9(8-18-4)17(3)11-7-10(14-6-2)15-12(13)16-11/h7,9H,5-6,8H2,1-4H3,(H3,13,14,15,16). The first kappa shape index (κ1) is 14.9. The van der Waals surface area contributed by atoms with Gasteiger partial charge in [0.15, 0.2) is 0 Å². The zero-order chi connectivity index (χ0) is 13.5. The van der Waals surface area contributed by atoms with Crippen molar-refractivity contribution in [3.05, 3.63) is 6.07 Å². The van der Waals surface area contributed by atoms with Crippen molar-refractivity contribution in [1.29, 1.82) is 0 Å². The van der Waals surface area contributed by atoms with Gasteiger partial charge in [0.1, 0.15) is 11.6 Å². The van der Waals surface area contributed by atoms with Crippen LogP contribution in [0.4, 0.5) is 17.6 Å². The van der Waals surface area contributed by atoms with E-state index in [1.54, 1.807) is 0 Å². The summed E-state index contributed by atoms with van der Waals surface area (Å²) in [5.74, 6) is 3.05. The van der Waals surface area contributed by atoms with E-state index in [2.05, 4.69) is 40.4 Å². The largest absolute Gasteiger partial charge is 0.370 e. The molecule has 0 amide bonds. The van der Waals surface area contributed by atoms with E-state index in [9.17, 15) is 0 Å². The Morgan fingerprint density at radius 2 is 2.17 bits per heavy atom. The molecule has 1 aromatic rings. The maximum Gasteiger partial charge on any atom is 0.223 e. The average Bonchev–Trinajstić information content (AvgIpc) is 2.35. The summed E-state index contributed by atoms with van der Waals surface area (Å²) in [6.45, 7) is 5.04. The van der Waals surface area contributed by atoms with Crippen molar-refractivity contribution < 1.29 is 0 Å². The molecule has 6 heteroatoms. The fraction of sp³-hybridized carbons (Fsp3) is 0.667. The Hall–Kier alpha value is -1.17. The first-order valence-corrected chi connectivity index (χ1v) is 7.61. The lowest BCUT2D eigenvalue weighted by molar-refractivity contribution is 0.666. The van der Waals surface area contributed by atoms with Crippen LogP contribution in [0.25, 0.3) is 0 Å². The first-order chi connectivity index (χ1) is 8.62. The molecular weight excluding hydrogens is 246 g/mol. The number of hydrogen-bond donors (Lipinski definition) is 2. The third kappa shape index (κ3) is 3.94. The highest BCUT2D eigenvalue weighted by Crippen LogP contribution is 2.20. The zero-order valence-electron chi connectivity index (χ0n) is 11.6. The normalized spacial score (nSPS) is 12.2. The topological polar surface area (TPSA) is 67.1 Å². The minimum absolute atomic E-state index is 0.314. The number of thioether (sulfide) groups is 1. The van der Waals surface area contributed by atoms with Crippen molar-refractivity contribution in [2.24, 2.45) is 0 Å². The third-order valence-corrected chi connectivity index (χ3v) is 3.55. The Kier molecular flexibility index (Phi) is 6.04. The number of anilines is 3. The van der Waals surface area contributed by atoms with Gasteiger partial charge < -0.3 is 16.0 Å². The molecule has 1 heterocycles. The molecule has 0 spiro atoms. The van der Waals surface area contributed by atoms with E-state index in [1.165, 1.54) is 0 Å². The summed E-state index contributed by atoms with van der Waals surface area (Å²) in [5.41, 5.74) is 5.75. The van der Waals surface area contributed by atoms with Crippen LogP contribution in [-0.4, -0.2) is 41.6 Å². The second-order valence-electron chi connectivity index (χ2n) is 4.13. The summed E-state index contributed by atoms with van der Waals surface area (Å²) < 4.78 is 0. The Morgan fingerprint density at radius 1 is 1.44 bits per heavy atom. The van der Waals surface area contributed by atoms with Gasteiger partial charge in [-0.2, -0.15) is 21.7 Å². The molecule has 0 aliphatic rings. The molecule has 0 radical (unpaired) electrons. The van der Waals surface area contributed by atoms with Crippen molar-refractivity contribution in [2.75, 3.05) is 41.6 Å². The average molecular weight is 269 g/mol. The molecule has 0 saturated heterocycles. The van der Waals surface area contributed by atoms with Gasteiger partial charge in [0.05, 0.1) is 0 Å². The number of nitrogens with two attached hydrogens (primary N) is 1. The molecule has 102 valence electrons. The summed E-state index contributed by atoms with van der Waals surface area (Å²) in [6.07, 6.45) is 3.20. The molecule has 0 aliphatic heterocycles. The molecule has 0 aliphatic carbocycles. The Bertz CT molecular complexity index is 371. The fourth-order valence-electron chi connectivity index (χ4n) is 1.79. The number of nitrogens with zero attached hydrogens (tertiary/aromatic N) is 3. The van der Waals surface area contributed by atoms with Crippen LogP contribution in [0, 0.1) is 0 Å². The Morgan fingerprint density at radius 3 is 2.72 bits per heavy atom. The summed E-state index contributed by atoms with van der Waals surface area (Å²) in [6, 6.07) is 2.41. The third-order valence-electron chi connectivity index (χ3n) is 2.83. The predicted molar refractivity (Wildman–Crippen MR) is 81.5 cm³/mol. The van der Waals surface area contributed by atoms with Crippen LogP contribution in [0.3, 0.4) is 0 Å². The van der Waals surface area contributed by atoms with Gasteiger partial charge in [-0.3, -0.25) is 0 Å². The van der Waals surface area contributed by atoms with Gasteiger partial charge in [0.2, 0.25) is 5.95 Å². The molecule has 3 N–H and O–H groups in total. The minimum atomic E-state index is 0.314. The van der Waals surface area contributed by atoms with Crippen molar-refractivity contribution >= 4 is 29.3 Å². The molecule has 0 fully saturated rings. The van der Waals surface area contributed by atoms with Gasteiger partial charge >= 0.3 is 0 Å². The molecule has 1 aromatic heterocycles. The molecule has 0 saturated carbocycles. The van der Waals surface area contributed by atoms with Crippen LogP contribution in [-0.2, 0) is 0 Å². The van der Waals surface area contributed by atoms with Crippen LogP contribution in [0.15, 0.2) is 6.07 Å². The van der Waals surface area contributed by atoms with Crippen LogP contribution < -0.4 is 16.0 Å². The van der Waals surface area contributed by atoms with Gasteiger partial charge in [0, 0.05) is 31.5 Å². The SMILES string of the molecule is CCNc1cc(N(C)C(CC)CSC)nc(N)n1. The lowest BCUT2D eigenvalue weighted by atomic mass is 10.2. The Labute approximate surface area is 114 Å². The van der Waals surface area contributed by atoms with E-state index < -0.39 is 0 Å². The summed E-state index contributed by atoms with van der Waals surface area (Å²) in [7, 11) is 2.06. The molecule has 18 heavy (non-hydrogen) atoms. The minimum Gasteiger partial charge on any atom is -0.370 e. The highest BCUT2D eigenvalue weighted by Gasteiger charge is 2.15. The lowest BCUT2D eigenvalue weighted by Gasteiger charge is -2.28. The second kappa shape index (κ2) is 7.31. The van der Waals surface area contributed by atoms with Crippen LogP contribution in [0.1, 0.15) is 20.3 Å². The number of nitrogens with one attached hydrogen (secondary N) is 1. The maximum absolute atomic E-state index is 5.75. The van der Waals surface area contributed by atoms with E-state index in [-0.39, 0.29) is 0 Å². The second-order valence-corrected chi connectivity index (χ2v) is 5.04. The van der Waals surface area contributed by atoms with Gasteiger partial charge in [0.25, 0.3) is 0 Å². The summed E-state index contributed by atoms with van der Waals surface area (Å²) in [5, 5.41) is 3.17. The van der Waals surface area contributed by atoms with E-state index in [1.807, 2.05) is 24.8 Å². The highest BCUT2D eigenvalue weighted by molar-refractivity contribution is 7.98. The monoisotopic (exact) mass is 269 g/mol. The van der Waals surface area contributed by atoms with Gasteiger partial charge in [-0.1, -0.05) is 6.92 Å². The fourth-order valence-corrected chi connectivity index (χ4v) is 2.63. The number of hydrogen-bond acceptors (Lipinski definition) is 6. The number of rotatable bonds is 7. The van der Waals surface area contributed by atoms with E-state index in [0.29, 0.717) is 12.0 Å². The van der Waals surface area contributed by atoms with Gasteiger partial charge in [-0.05, 0) is 19.6 Å². The van der Waals surface area contributed by atoms with Crippen LogP contribution in [0.5, 0.6) is 0 Å². The molecule has 5 nitrogen and oxygen atoms in total. The van der Waals surface area contributed by atoms with Crippen molar-refractivity contribution in [3.8, 4) is 0 Å². The number of nitrogen functional groups attached to an aromatic ring is 1. The molecule has 1 unspecified atom stereocenters. The van der Waals surface area contributed by atoms with Crippen LogP contribution in [0.2, 0.25) is 0 Å². The lowest BCUT2D eigenvalue weighted by Crippen LogP contribution is -2.34. The maximum atomic E-state index is 5.75. The smallest absolute Gasteiger partial charge is 0.223 e. The van der Waals surface area contributed by atoms with Crippen LogP contribution >= 0.6 is 11.8 Å². The quantitative estimate of drug-likeness (QED) is 0.790. The summed E-state index contributed by atoms with van der Waals surface area (Å²) >= 11 is 1.84. The molecule has 1 atom stereocenters. The van der Waals surface area contributed by atoms with E-state index in [0.717, 1.165) is 30.4 Å². The van der Waals surface area contributed by atoms with Gasteiger partial charge in [-0.25, -0.2) is 0 Å². The van der Waals surface area contributed by atoms with Crippen molar-refractivity contribution in [1.82, 2.24) is 9.97 Å². The van der Waals surface area contributed by atoms with Crippen molar-refractivity contribution in [2.45, 2.75) is 26.3 Å². The Balaban J connectivity index is 2.92. The van der Waals surface area contributed by atoms with Gasteiger partial charge in [-0.15, -0.1) is 0 Å². The highest BCUT2D eigenvalue weighted by atomic mass is 32.2. The first-order valence-electron chi connectivity index (χ1n) is 6.22. The van der Waals surface area contributed by atoms with E-state index in [4.69, 9.17) is 5.73 Å².